The summed E-state index contributed by atoms with van der Waals surface area (Å²) < 4.78 is 13.3. The van der Waals surface area contributed by atoms with Crippen molar-refractivity contribution in [2.24, 2.45) is 0 Å². The number of pyridine rings is 1. The Morgan fingerprint density at radius 3 is 2.76 bits per heavy atom. The maximum absolute atomic E-state index is 12.2. The summed E-state index contributed by atoms with van der Waals surface area (Å²) in [6.45, 7) is 7.51. The minimum absolute atomic E-state index is 0.229. The van der Waals surface area contributed by atoms with Gasteiger partial charge in [0.25, 0.3) is 6.01 Å². The number of rotatable bonds is 7. The molecule has 2 fully saturated rings. The topological polar surface area (TPSA) is 122 Å². The lowest BCUT2D eigenvalue weighted by molar-refractivity contribution is 0.0636. The first-order valence-electron chi connectivity index (χ1n) is 14.9. The number of anilines is 3. The quantitative estimate of drug-likeness (QED) is 0.255. The van der Waals surface area contributed by atoms with Crippen LogP contribution in [0.5, 0.6) is 0 Å². The van der Waals surface area contributed by atoms with Gasteiger partial charge in [-0.05, 0) is 70.7 Å². The highest BCUT2D eigenvalue weighted by Gasteiger charge is 2.30. The highest BCUT2D eigenvalue weighted by atomic mass is 16.6. The van der Waals surface area contributed by atoms with Crippen molar-refractivity contribution in [3.05, 3.63) is 55.1 Å². The SMILES string of the molecule is CC(C)(C)OC(=O)Nc1cccc(-c2cnc(N[C@@H]3CCCC[C@H]3N[C@H]3CCCN(c4ccc5ncnn5c4)C3)o2)c1. The molecular formula is C31H40N8O3. The van der Waals surface area contributed by atoms with Crippen molar-refractivity contribution in [2.45, 2.75) is 83.0 Å². The van der Waals surface area contributed by atoms with E-state index in [1.165, 1.54) is 18.5 Å². The summed E-state index contributed by atoms with van der Waals surface area (Å²) >= 11 is 0. The van der Waals surface area contributed by atoms with Gasteiger partial charge < -0.3 is 24.7 Å². The number of nitrogens with one attached hydrogen (secondary N) is 3. The van der Waals surface area contributed by atoms with Gasteiger partial charge in [0.1, 0.15) is 11.9 Å². The van der Waals surface area contributed by atoms with E-state index >= 15 is 0 Å². The molecule has 2 aliphatic rings. The molecule has 11 heteroatoms. The molecule has 3 atom stereocenters. The van der Waals surface area contributed by atoms with E-state index < -0.39 is 11.7 Å². The Labute approximate surface area is 246 Å². The van der Waals surface area contributed by atoms with Crippen LogP contribution in [0.4, 0.5) is 22.2 Å². The van der Waals surface area contributed by atoms with Gasteiger partial charge >= 0.3 is 6.09 Å². The number of fused-ring (bicyclic) bond motifs is 1. The van der Waals surface area contributed by atoms with E-state index in [1.54, 1.807) is 12.5 Å². The smallest absolute Gasteiger partial charge is 0.412 e. The first-order valence-corrected chi connectivity index (χ1v) is 14.9. The van der Waals surface area contributed by atoms with Crippen LogP contribution in [-0.2, 0) is 4.74 Å². The monoisotopic (exact) mass is 572 g/mol. The van der Waals surface area contributed by atoms with Gasteiger partial charge in [-0.3, -0.25) is 5.32 Å². The van der Waals surface area contributed by atoms with Crippen LogP contribution in [0.15, 0.2) is 59.5 Å². The molecule has 0 unspecified atom stereocenters. The zero-order valence-corrected chi connectivity index (χ0v) is 24.5. The van der Waals surface area contributed by atoms with E-state index in [0.29, 0.717) is 29.5 Å². The zero-order valence-electron chi connectivity index (χ0n) is 24.5. The molecule has 0 spiro atoms. The Morgan fingerprint density at radius 1 is 1.05 bits per heavy atom. The van der Waals surface area contributed by atoms with Crippen molar-refractivity contribution in [1.29, 1.82) is 0 Å². The molecule has 3 aromatic heterocycles. The number of hydrogen-bond acceptors (Lipinski definition) is 9. The molecular weight excluding hydrogens is 532 g/mol. The molecule has 4 heterocycles. The van der Waals surface area contributed by atoms with Gasteiger partial charge in [0.2, 0.25) is 0 Å². The Bertz CT molecular complexity index is 1510. The van der Waals surface area contributed by atoms with E-state index in [-0.39, 0.29) is 6.04 Å². The summed E-state index contributed by atoms with van der Waals surface area (Å²) in [5.41, 5.74) is 2.93. The summed E-state index contributed by atoms with van der Waals surface area (Å²) in [5, 5.41) is 14.7. The van der Waals surface area contributed by atoms with Crippen molar-refractivity contribution in [3.8, 4) is 11.3 Å². The first-order chi connectivity index (χ1) is 20.3. The highest BCUT2D eigenvalue weighted by Crippen LogP contribution is 2.29. The normalized spacial score (nSPS) is 21.3. The second kappa shape index (κ2) is 12.0. The number of nitrogens with zero attached hydrogens (tertiary/aromatic N) is 5. The predicted molar refractivity (Wildman–Crippen MR) is 163 cm³/mol. The number of ether oxygens (including phenoxy) is 1. The Balaban J connectivity index is 1.08. The van der Waals surface area contributed by atoms with E-state index in [9.17, 15) is 4.79 Å². The van der Waals surface area contributed by atoms with Crippen LogP contribution in [0, 0.1) is 0 Å². The molecule has 1 saturated heterocycles. The van der Waals surface area contributed by atoms with Crippen molar-refractivity contribution in [1.82, 2.24) is 24.9 Å². The third kappa shape index (κ3) is 6.84. The molecule has 3 N–H and O–H groups in total. The van der Waals surface area contributed by atoms with E-state index in [0.717, 1.165) is 50.0 Å². The first kappa shape index (κ1) is 28.0. The molecule has 6 rings (SSSR count). The number of piperidine rings is 1. The minimum Gasteiger partial charge on any atom is -0.444 e. The second-order valence-corrected chi connectivity index (χ2v) is 12.3. The molecule has 1 saturated carbocycles. The zero-order chi connectivity index (χ0) is 29.1. The third-order valence-corrected chi connectivity index (χ3v) is 7.87. The Hall–Kier alpha value is -4.12. The molecule has 1 amide bonds. The van der Waals surface area contributed by atoms with Crippen LogP contribution in [0.2, 0.25) is 0 Å². The number of amides is 1. The van der Waals surface area contributed by atoms with Crippen molar-refractivity contribution in [3.63, 3.8) is 0 Å². The highest BCUT2D eigenvalue weighted by molar-refractivity contribution is 5.86. The number of carbonyl (C=O) groups is 1. The number of hydrogen-bond donors (Lipinski definition) is 3. The molecule has 1 aliphatic heterocycles. The maximum atomic E-state index is 12.2. The lowest BCUT2D eigenvalue weighted by Crippen LogP contribution is -2.54. The molecule has 1 aromatic carbocycles. The summed E-state index contributed by atoms with van der Waals surface area (Å²) in [4.78, 5) is 23.5. The van der Waals surface area contributed by atoms with Crippen LogP contribution in [0.1, 0.15) is 59.3 Å². The van der Waals surface area contributed by atoms with Crippen LogP contribution < -0.4 is 20.9 Å². The molecule has 4 aromatic rings. The van der Waals surface area contributed by atoms with Crippen molar-refractivity contribution in [2.75, 3.05) is 28.6 Å². The van der Waals surface area contributed by atoms with Gasteiger partial charge in [0.15, 0.2) is 11.4 Å². The van der Waals surface area contributed by atoms with Crippen molar-refractivity contribution < 1.29 is 13.9 Å². The van der Waals surface area contributed by atoms with Gasteiger partial charge in [-0.25, -0.2) is 19.3 Å². The van der Waals surface area contributed by atoms with E-state index in [2.05, 4.69) is 48.2 Å². The van der Waals surface area contributed by atoms with Gasteiger partial charge in [-0.15, -0.1) is 0 Å². The molecule has 222 valence electrons. The molecule has 0 bridgehead atoms. The molecule has 1 aliphatic carbocycles. The van der Waals surface area contributed by atoms with E-state index in [4.69, 9.17) is 9.15 Å². The summed E-state index contributed by atoms with van der Waals surface area (Å²) in [7, 11) is 0. The third-order valence-electron chi connectivity index (χ3n) is 7.87. The van der Waals surface area contributed by atoms with Gasteiger partial charge in [-0.1, -0.05) is 25.0 Å². The number of oxazole rings is 1. The Morgan fingerprint density at radius 2 is 1.90 bits per heavy atom. The standard InChI is InChI=1S/C31H40N8O3/c1-31(2,3)42-30(40)36-22-9-6-8-21(16-22)27-17-32-29(41-27)37-26-12-5-4-11-25(26)35-23-10-7-15-38(18-23)24-13-14-28-33-20-34-39(28)19-24/h6,8-9,13-14,16-17,19-20,23,25-26,35H,4-5,7,10-12,15,18H2,1-3H3,(H,32,37)(H,36,40)/t23-,25+,26+/m0/s1. The lowest BCUT2D eigenvalue weighted by atomic mass is 9.89. The average molecular weight is 573 g/mol. The van der Waals surface area contributed by atoms with Crippen LogP contribution >= 0.6 is 0 Å². The summed E-state index contributed by atoms with van der Waals surface area (Å²) in [6.07, 6.45) is 11.8. The number of benzene rings is 1. The molecule has 0 radical (unpaired) electrons. The predicted octanol–water partition coefficient (Wildman–Crippen LogP) is 5.71. The van der Waals surface area contributed by atoms with Gasteiger partial charge in [0.05, 0.1) is 18.1 Å². The summed E-state index contributed by atoms with van der Waals surface area (Å²) in [6, 6.07) is 13.1. The fraction of sp³-hybridized carbons (Fsp3) is 0.484. The average Bonchev–Trinajstić information content (AvgIpc) is 3.63. The van der Waals surface area contributed by atoms with E-state index in [1.807, 2.05) is 55.6 Å². The van der Waals surface area contributed by atoms with Crippen LogP contribution in [0.25, 0.3) is 17.0 Å². The molecule has 42 heavy (non-hydrogen) atoms. The molecule has 11 nitrogen and oxygen atoms in total. The van der Waals surface area contributed by atoms with Crippen molar-refractivity contribution >= 4 is 29.1 Å². The largest absolute Gasteiger partial charge is 0.444 e. The van der Waals surface area contributed by atoms with Gasteiger partial charge in [0, 0.05) is 42.5 Å². The Kier molecular flexibility index (Phi) is 8.01. The number of aromatic nitrogens is 4. The number of carbonyl (C=O) groups excluding carboxylic acids is 1. The van der Waals surface area contributed by atoms with Crippen LogP contribution in [0.3, 0.4) is 0 Å². The second-order valence-electron chi connectivity index (χ2n) is 12.3. The minimum atomic E-state index is -0.567. The lowest BCUT2D eigenvalue weighted by Gasteiger charge is -2.40. The van der Waals surface area contributed by atoms with Crippen LogP contribution in [-0.4, -0.2) is 62.5 Å². The fourth-order valence-corrected chi connectivity index (χ4v) is 5.95. The summed E-state index contributed by atoms with van der Waals surface area (Å²) in [5.74, 6) is 0.637. The van der Waals surface area contributed by atoms with Gasteiger partial charge in [-0.2, -0.15) is 5.10 Å². The fourth-order valence-electron chi connectivity index (χ4n) is 5.95. The maximum Gasteiger partial charge on any atom is 0.412 e.